The monoisotopic (exact) mass is 314 g/mol. The highest BCUT2D eigenvalue weighted by Gasteiger charge is 2.30. The van der Waals surface area contributed by atoms with Gasteiger partial charge in [-0.15, -0.1) is 0 Å². The van der Waals surface area contributed by atoms with E-state index in [1.807, 2.05) is 18.9 Å². The van der Waals surface area contributed by atoms with E-state index >= 15 is 0 Å². The Morgan fingerprint density at radius 1 is 1.35 bits per heavy atom. The van der Waals surface area contributed by atoms with E-state index in [0.29, 0.717) is 12.3 Å². The number of carbonyl (C=O) groups is 1. The van der Waals surface area contributed by atoms with Gasteiger partial charge in [-0.1, -0.05) is 6.92 Å². The van der Waals surface area contributed by atoms with Crippen LogP contribution in [0.4, 0.5) is 5.82 Å². The summed E-state index contributed by atoms with van der Waals surface area (Å²) in [5.74, 6) is 2.69. The average molecular weight is 314 g/mol. The fourth-order valence-corrected chi connectivity index (χ4v) is 3.35. The number of likely N-dealkylation sites (tertiary alicyclic amines) is 1. The first kappa shape index (κ1) is 14.4. The second kappa shape index (κ2) is 5.47. The van der Waals surface area contributed by atoms with Crippen LogP contribution in [0.25, 0.3) is 11.2 Å². The summed E-state index contributed by atoms with van der Waals surface area (Å²) >= 11 is 0. The quantitative estimate of drug-likeness (QED) is 0.929. The molecule has 1 N–H and O–H groups in total. The first-order valence-corrected chi connectivity index (χ1v) is 8.39. The molecule has 2 aliphatic rings. The number of fused-ring (bicyclic) bond motifs is 1. The van der Waals surface area contributed by atoms with Gasteiger partial charge in [0.15, 0.2) is 17.0 Å². The summed E-state index contributed by atoms with van der Waals surface area (Å²) in [5, 5.41) is 3.47. The van der Waals surface area contributed by atoms with Crippen molar-refractivity contribution in [1.29, 1.82) is 0 Å². The summed E-state index contributed by atoms with van der Waals surface area (Å²) in [6.45, 7) is 3.46. The molecule has 3 heterocycles. The van der Waals surface area contributed by atoms with Crippen LogP contribution in [0.1, 0.15) is 44.3 Å². The van der Waals surface area contributed by atoms with Crippen molar-refractivity contribution >= 4 is 22.9 Å². The molecule has 1 amide bonds. The van der Waals surface area contributed by atoms with Gasteiger partial charge in [0.1, 0.15) is 12.2 Å². The second-order valence-electron chi connectivity index (χ2n) is 6.52. The minimum Gasteiger partial charge on any atom is -0.364 e. The maximum absolute atomic E-state index is 11.8. The lowest BCUT2D eigenvalue weighted by molar-refractivity contribution is -0.129. The first-order chi connectivity index (χ1) is 11.2. The molecule has 1 unspecified atom stereocenters. The standard InChI is InChI=1S/C16H22N6O/c1-3-12(23)22-7-6-11(8-22)19-14-13-16(18-9-17-14)21(2)15(20-13)10-4-5-10/h9-11H,3-8H2,1-2H3,(H,17,18,19). The molecular weight excluding hydrogens is 292 g/mol. The van der Waals surface area contributed by atoms with Crippen LogP contribution < -0.4 is 5.32 Å². The highest BCUT2D eigenvalue weighted by molar-refractivity contribution is 5.83. The molecule has 0 bridgehead atoms. The van der Waals surface area contributed by atoms with Crippen LogP contribution >= 0.6 is 0 Å². The number of nitrogens with one attached hydrogen (secondary N) is 1. The molecule has 1 saturated carbocycles. The lowest BCUT2D eigenvalue weighted by Crippen LogP contribution is -2.31. The molecule has 1 aliphatic heterocycles. The number of anilines is 1. The van der Waals surface area contributed by atoms with E-state index in [1.54, 1.807) is 6.33 Å². The molecule has 122 valence electrons. The number of aromatic nitrogens is 4. The topological polar surface area (TPSA) is 75.9 Å². The number of aryl methyl sites for hydroxylation is 1. The van der Waals surface area contributed by atoms with Gasteiger partial charge in [-0.25, -0.2) is 15.0 Å². The van der Waals surface area contributed by atoms with Crippen LogP contribution in [0.5, 0.6) is 0 Å². The summed E-state index contributed by atoms with van der Waals surface area (Å²) in [5.41, 5.74) is 1.72. The van der Waals surface area contributed by atoms with Crippen molar-refractivity contribution in [1.82, 2.24) is 24.4 Å². The molecule has 4 rings (SSSR count). The molecule has 23 heavy (non-hydrogen) atoms. The van der Waals surface area contributed by atoms with Gasteiger partial charge in [0.2, 0.25) is 5.91 Å². The van der Waals surface area contributed by atoms with Crippen LogP contribution in [0.15, 0.2) is 6.33 Å². The number of carbonyl (C=O) groups excluding carboxylic acids is 1. The van der Waals surface area contributed by atoms with Crippen LogP contribution in [0.3, 0.4) is 0 Å². The molecule has 7 nitrogen and oxygen atoms in total. The Bertz CT molecular complexity index is 750. The van der Waals surface area contributed by atoms with Crippen LogP contribution in [-0.2, 0) is 11.8 Å². The number of hydrogen-bond acceptors (Lipinski definition) is 5. The number of nitrogens with zero attached hydrogens (tertiary/aromatic N) is 5. The molecule has 2 aromatic heterocycles. The Hall–Kier alpha value is -2.18. The van der Waals surface area contributed by atoms with Gasteiger partial charge < -0.3 is 14.8 Å². The Morgan fingerprint density at radius 3 is 2.91 bits per heavy atom. The molecule has 2 fully saturated rings. The van der Waals surface area contributed by atoms with Gasteiger partial charge in [0.25, 0.3) is 0 Å². The molecule has 0 aromatic carbocycles. The molecule has 2 aromatic rings. The third-order valence-electron chi connectivity index (χ3n) is 4.82. The van der Waals surface area contributed by atoms with Gasteiger partial charge in [0, 0.05) is 38.5 Å². The number of rotatable bonds is 4. The zero-order chi connectivity index (χ0) is 16.0. The number of imidazole rings is 1. The van der Waals surface area contributed by atoms with Crippen LogP contribution in [0.2, 0.25) is 0 Å². The Labute approximate surface area is 135 Å². The maximum atomic E-state index is 11.8. The van der Waals surface area contributed by atoms with Crippen LogP contribution in [0, 0.1) is 0 Å². The second-order valence-corrected chi connectivity index (χ2v) is 6.52. The van der Waals surface area contributed by atoms with Crippen LogP contribution in [-0.4, -0.2) is 49.5 Å². The molecule has 1 saturated heterocycles. The van der Waals surface area contributed by atoms with Gasteiger partial charge in [0.05, 0.1) is 0 Å². The van der Waals surface area contributed by atoms with Gasteiger partial charge in [-0.3, -0.25) is 4.79 Å². The molecule has 1 aliphatic carbocycles. The SMILES string of the molecule is CCC(=O)N1CCC(Nc2ncnc3c2nc(C2CC2)n3C)C1. The van der Waals surface area contributed by atoms with Crippen molar-refractivity contribution in [3.05, 3.63) is 12.2 Å². The minimum absolute atomic E-state index is 0.219. The zero-order valence-electron chi connectivity index (χ0n) is 13.6. The Balaban J connectivity index is 1.57. The van der Waals surface area contributed by atoms with E-state index in [9.17, 15) is 4.79 Å². The van der Waals surface area contributed by atoms with E-state index in [1.165, 1.54) is 12.8 Å². The van der Waals surface area contributed by atoms with E-state index in [4.69, 9.17) is 4.98 Å². The number of amides is 1. The summed E-state index contributed by atoms with van der Waals surface area (Å²) in [7, 11) is 2.02. The molecular formula is C16H22N6O. The number of hydrogen-bond donors (Lipinski definition) is 1. The van der Waals surface area contributed by atoms with E-state index in [2.05, 4.69) is 19.9 Å². The zero-order valence-corrected chi connectivity index (χ0v) is 13.6. The highest BCUT2D eigenvalue weighted by atomic mass is 16.2. The first-order valence-electron chi connectivity index (χ1n) is 8.39. The fraction of sp³-hybridized carbons (Fsp3) is 0.625. The fourth-order valence-electron chi connectivity index (χ4n) is 3.35. The largest absolute Gasteiger partial charge is 0.364 e. The van der Waals surface area contributed by atoms with E-state index < -0.39 is 0 Å². The predicted octanol–water partition coefficient (Wildman–Crippen LogP) is 1.66. The van der Waals surface area contributed by atoms with Gasteiger partial charge in [-0.2, -0.15) is 0 Å². The van der Waals surface area contributed by atoms with Crippen molar-refractivity contribution in [2.75, 3.05) is 18.4 Å². The van der Waals surface area contributed by atoms with Crippen molar-refractivity contribution in [2.24, 2.45) is 7.05 Å². The van der Waals surface area contributed by atoms with E-state index in [-0.39, 0.29) is 11.9 Å². The molecule has 0 spiro atoms. The summed E-state index contributed by atoms with van der Waals surface area (Å²) in [6.07, 6.45) is 5.52. The maximum Gasteiger partial charge on any atom is 0.222 e. The molecule has 7 heteroatoms. The van der Waals surface area contributed by atoms with Gasteiger partial charge >= 0.3 is 0 Å². The third kappa shape index (κ3) is 2.54. The Morgan fingerprint density at radius 2 is 2.17 bits per heavy atom. The van der Waals surface area contributed by atoms with Crippen molar-refractivity contribution < 1.29 is 4.79 Å². The molecule has 0 radical (unpaired) electrons. The molecule has 1 atom stereocenters. The minimum atomic E-state index is 0.219. The smallest absolute Gasteiger partial charge is 0.222 e. The van der Waals surface area contributed by atoms with Crippen molar-refractivity contribution in [3.8, 4) is 0 Å². The lowest BCUT2D eigenvalue weighted by Gasteiger charge is -2.16. The van der Waals surface area contributed by atoms with Gasteiger partial charge in [-0.05, 0) is 19.3 Å². The average Bonchev–Trinajstić information content (AvgIpc) is 3.21. The normalized spacial score (nSPS) is 21.1. The third-order valence-corrected chi connectivity index (χ3v) is 4.82. The summed E-state index contributed by atoms with van der Waals surface area (Å²) in [6, 6.07) is 0.231. The van der Waals surface area contributed by atoms with Crippen molar-refractivity contribution in [2.45, 2.75) is 44.6 Å². The van der Waals surface area contributed by atoms with Crippen molar-refractivity contribution in [3.63, 3.8) is 0 Å². The lowest BCUT2D eigenvalue weighted by atomic mass is 10.2. The Kier molecular flexibility index (Phi) is 3.43. The van der Waals surface area contributed by atoms with E-state index in [0.717, 1.165) is 42.3 Å². The predicted molar refractivity (Wildman–Crippen MR) is 87.2 cm³/mol. The highest BCUT2D eigenvalue weighted by Crippen LogP contribution is 2.40. The summed E-state index contributed by atoms with van der Waals surface area (Å²) < 4.78 is 2.08. The summed E-state index contributed by atoms with van der Waals surface area (Å²) in [4.78, 5) is 27.3.